The van der Waals surface area contributed by atoms with E-state index in [0.29, 0.717) is 0 Å². The summed E-state index contributed by atoms with van der Waals surface area (Å²) in [6.07, 6.45) is -4.56. The average molecular weight is 295 g/mol. The van der Waals surface area contributed by atoms with E-state index >= 15 is 0 Å². The number of halogens is 4. The van der Waals surface area contributed by atoms with Crippen LogP contribution in [0.1, 0.15) is 18.1 Å². The highest BCUT2D eigenvalue weighted by atomic mass is 35.5. The standard InChI is InChI=1S/C12H10ClF3O3/c1-10(11(13,19-10)9(17)18-2)7-5-3-4-6-8(7)12(14,15)16/h3-6H,1-2H3. The molecule has 1 aliphatic heterocycles. The Kier molecular flexibility index (Phi) is 3.06. The molecule has 2 unspecified atom stereocenters. The molecule has 1 fully saturated rings. The molecule has 0 amide bonds. The van der Waals surface area contributed by atoms with E-state index in [-0.39, 0.29) is 5.56 Å². The largest absolute Gasteiger partial charge is 0.466 e. The fourth-order valence-corrected chi connectivity index (χ4v) is 2.33. The molecule has 104 valence electrons. The van der Waals surface area contributed by atoms with Gasteiger partial charge >= 0.3 is 12.1 Å². The van der Waals surface area contributed by atoms with E-state index in [9.17, 15) is 18.0 Å². The van der Waals surface area contributed by atoms with Crippen LogP contribution in [0.15, 0.2) is 24.3 Å². The van der Waals surface area contributed by atoms with Crippen molar-refractivity contribution in [3.05, 3.63) is 35.4 Å². The monoisotopic (exact) mass is 294 g/mol. The van der Waals surface area contributed by atoms with Crippen LogP contribution >= 0.6 is 11.6 Å². The molecular formula is C12H10ClF3O3. The molecule has 1 aromatic carbocycles. The number of carbonyl (C=O) groups is 1. The van der Waals surface area contributed by atoms with Crippen LogP contribution in [0.4, 0.5) is 13.2 Å². The van der Waals surface area contributed by atoms with Crippen molar-refractivity contribution >= 4 is 17.6 Å². The molecule has 7 heteroatoms. The Balaban J connectivity index is 2.48. The van der Waals surface area contributed by atoms with Gasteiger partial charge in [0.2, 0.25) is 0 Å². The molecule has 2 atom stereocenters. The first kappa shape index (κ1) is 14.1. The quantitative estimate of drug-likeness (QED) is 0.478. The summed E-state index contributed by atoms with van der Waals surface area (Å²) >= 11 is 5.89. The van der Waals surface area contributed by atoms with Crippen LogP contribution in [0, 0.1) is 0 Å². The van der Waals surface area contributed by atoms with E-state index in [0.717, 1.165) is 13.2 Å². The molecule has 1 aliphatic rings. The molecule has 0 radical (unpaired) electrons. The van der Waals surface area contributed by atoms with Crippen LogP contribution in [0.25, 0.3) is 0 Å². The minimum absolute atomic E-state index is 0.192. The molecule has 0 saturated carbocycles. The molecule has 19 heavy (non-hydrogen) atoms. The predicted octanol–water partition coefficient (Wildman–Crippen LogP) is 3.06. The van der Waals surface area contributed by atoms with Gasteiger partial charge in [0.25, 0.3) is 5.06 Å². The van der Waals surface area contributed by atoms with Gasteiger partial charge in [0.1, 0.15) is 5.60 Å². The molecular weight excluding hydrogens is 285 g/mol. The Morgan fingerprint density at radius 1 is 1.37 bits per heavy atom. The van der Waals surface area contributed by atoms with E-state index in [1.54, 1.807) is 0 Å². The van der Waals surface area contributed by atoms with Gasteiger partial charge in [-0.2, -0.15) is 13.2 Å². The Hall–Kier alpha value is -1.27. The second-order valence-electron chi connectivity index (χ2n) is 4.27. The third-order valence-electron chi connectivity index (χ3n) is 3.11. The second kappa shape index (κ2) is 4.11. The summed E-state index contributed by atoms with van der Waals surface area (Å²) in [5.74, 6) is -0.923. The average Bonchev–Trinajstić information content (AvgIpc) is 2.93. The van der Waals surface area contributed by atoms with Gasteiger partial charge in [-0.25, -0.2) is 4.79 Å². The predicted molar refractivity (Wildman–Crippen MR) is 60.5 cm³/mol. The lowest BCUT2D eigenvalue weighted by Gasteiger charge is -2.16. The molecule has 0 bridgehead atoms. The van der Waals surface area contributed by atoms with Crippen LogP contribution < -0.4 is 0 Å². The highest BCUT2D eigenvalue weighted by Gasteiger charge is 2.74. The summed E-state index contributed by atoms with van der Waals surface area (Å²) in [6.45, 7) is 1.32. The summed E-state index contributed by atoms with van der Waals surface area (Å²) < 4.78 is 48.3. The Bertz CT molecular complexity index is 531. The van der Waals surface area contributed by atoms with Gasteiger partial charge in [0, 0.05) is 5.56 Å². The molecule has 0 aliphatic carbocycles. The van der Waals surface area contributed by atoms with E-state index in [1.807, 2.05) is 0 Å². The van der Waals surface area contributed by atoms with Gasteiger partial charge in [-0.3, -0.25) is 0 Å². The number of rotatable bonds is 2. The number of hydrogen-bond donors (Lipinski definition) is 0. The van der Waals surface area contributed by atoms with Crippen LogP contribution in [0.2, 0.25) is 0 Å². The maximum absolute atomic E-state index is 12.9. The van der Waals surface area contributed by atoms with Gasteiger partial charge in [-0.05, 0) is 13.0 Å². The van der Waals surface area contributed by atoms with Crippen LogP contribution in [0.3, 0.4) is 0 Å². The lowest BCUT2D eigenvalue weighted by Crippen LogP contribution is -2.28. The highest BCUT2D eigenvalue weighted by Crippen LogP contribution is 2.60. The van der Waals surface area contributed by atoms with Crippen molar-refractivity contribution in [3.63, 3.8) is 0 Å². The summed E-state index contributed by atoms with van der Waals surface area (Å²) in [5.41, 5.74) is -2.64. The normalized spacial score (nSPS) is 30.0. The number of ether oxygens (including phenoxy) is 2. The Labute approximate surface area is 112 Å². The Morgan fingerprint density at radius 3 is 2.47 bits per heavy atom. The highest BCUT2D eigenvalue weighted by molar-refractivity contribution is 6.35. The fourth-order valence-electron chi connectivity index (χ4n) is 2.00. The minimum atomic E-state index is -4.56. The summed E-state index contributed by atoms with van der Waals surface area (Å²) in [4.78, 5) is 11.5. The van der Waals surface area contributed by atoms with Gasteiger partial charge in [0.05, 0.1) is 12.7 Å². The first-order valence-corrected chi connectivity index (χ1v) is 5.69. The van der Waals surface area contributed by atoms with Gasteiger partial charge in [-0.1, -0.05) is 29.8 Å². The molecule has 1 heterocycles. The maximum atomic E-state index is 12.9. The smallest absolute Gasteiger partial charge is 0.416 e. The van der Waals surface area contributed by atoms with Crippen molar-refractivity contribution < 1.29 is 27.4 Å². The number of benzene rings is 1. The third-order valence-corrected chi connectivity index (χ3v) is 3.70. The number of epoxide rings is 1. The van der Waals surface area contributed by atoms with Crippen molar-refractivity contribution in [2.75, 3.05) is 7.11 Å². The van der Waals surface area contributed by atoms with E-state index < -0.39 is 28.4 Å². The molecule has 0 spiro atoms. The topological polar surface area (TPSA) is 38.8 Å². The van der Waals surface area contributed by atoms with E-state index in [1.165, 1.54) is 25.1 Å². The van der Waals surface area contributed by atoms with Crippen molar-refractivity contribution in [1.29, 1.82) is 0 Å². The first-order valence-electron chi connectivity index (χ1n) is 5.31. The second-order valence-corrected chi connectivity index (χ2v) is 4.80. The maximum Gasteiger partial charge on any atom is 0.416 e. The minimum Gasteiger partial charge on any atom is -0.466 e. The van der Waals surface area contributed by atoms with Crippen molar-refractivity contribution in [2.24, 2.45) is 0 Å². The Morgan fingerprint density at radius 2 is 1.95 bits per heavy atom. The van der Waals surface area contributed by atoms with Crippen LogP contribution in [-0.2, 0) is 26.0 Å². The molecule has 1 saturated heterocycles. The van der Waals surface area contributed by atoms with Crippen LogP contribution in [0.5, 0.6) is 0 Å². The molecule has 0 aromatic heterocycles. The van der Waals surface area contributed by atoms with Crippen LogP contribution in [-0.4, -0.2) is 18.1 Å². The zero-order valence-corrected chi connectivity index (χ0v) is 10.8. The van der Waals surface area contributed by atoms with E-state index in [2.05, 4.69) is 4.74 Å². The lowest BCUT2D eigenvalue weighted by atomic mass is 9.92. The van der Waals surface area contributed by atoms with Crippen molar-refractivity contribution in [3.8, 4) is 0 Å². The number of methoxy groups -OCH3 is 1. The number of esters is 1. The van der Waals surface area contributed by atoms with Crippen molar-refractivity contribution in [1.82, 2.24) is 0 Å². The molecule has 2 rings (SSSR count). The van der Waals surface area contributed by atoms with Crippen molar-refractivity contribution in [2.45, 2.75) is 23.8 Å². The molecule has 1 aromatic rings. The lowest BCUT2D eigenvalue weighted by molar-refractivity contribution is -0.144. The van der Waals surface area contributed by atoms with Gasteiger partial charge < -0.3 is 9.47 Å². The number of hydrogen-bond acceptors (Lipinski definition) is 3. The third kappa shape index (κ3) is 1.99. The summed E-state index contributed by atoms with van der Waals surface area (Å²) in [5, 5.41) is -1.91. The number of carbonyl (C=O) groups excluding carboxylic acids is 1. The molecule has 3 nitrogen and oxygen atoms in total. The molecule has 0 N–H and O–H groups in total. The summed E-state index contributed by atoms with van der Waals surface area (Å²) in [7, 11) is 1.09. The van der Waals surface area contributed by atoms with Gasteiger partial charge in [0.15, 0.2) is 0 Å². The SMILES string of the molecule is COC(=O)C1(Cl)OC1(C)c1ccccc1C(F)(F)F. The first-order chi connectivity index (χ1) is 8.67. The zero-order chi connectivity index (χ0) is 14.5. The summed E-state index contributed by atoms with van der Waals surface area (Å²) in [6, 6.07) is 4.82. The number of alkyl halides is 4. The van der Waals surface area contributed by atoms with E-state index in [4.69, 9.17) is 16.3 Å². The van der Waals surface area contributed by atoms with Gasteiger partial charge in [-0.15, -0.1) is 0 Å². The fraction of sp³-hybridized carbons (Fsp3) is 0.417. The zero-order valence-electron chi connectivity index (χ0n) is 10.0.